The minimum Gasteiger partial charge on any atom is -0.324 e. The smallest absolute Gasteiger partial charge is 0.265 e. The Labute approximate surface area is 160 Å². The number of imidazole rings is 1. The number of hydrogen-bond donors (Lipinski definition) is 3. The van der Waals surface area contributed by atoms with E-state index >= 15 is 0 Å². The molecule has 1 unspecified atom stereocenters. The van der Waals surface area contributed by atoms with Gasteiger partial charge in [-0.1, -0.05) is 48.5 Å². The molecule has 0 aliphatic carbocycles. The molecule has 28 heavy (non-hydrogen) atoms. The Morgan fingerprint density at radius 3 is 2.46 bits per heavy atom. The van der Waals surface area contributed by atoms with E-state index in [1.54, 1.807) is 12.3 Å². The fourth-order valence-electron chi connectivity index (χ4n) is 3.40. The topological polar surface area (TPSA) is 95.1 Å². The maximum absolute atomic E-state index is 13.1. The Balaban J connectivity index is 1.59. The third-order valence-electron chi connectivity index (χ3n) is 4.69. The van der Waals surface area contributed by atoms with Gasteiger partial charge in [0, 0.05) is 6.20 Å². The third kappa shape index (κ3) is 2.52. The molecule has 7 heteroatoms. The molecule has 3 heterocycles. The standard InChI is InChI=1S/C21H16N6O/c28-18-21(14-8-2-1-3-9-14,17-12-6-7-13-22-17)27-20(25-18)26-19-23-15-10-4-5-11-16(15)24-19/h1-13H,(H3,23,24,25,26,27,28). The van der Waals surface area contributed by atoms with Crippen LogP contribution in [0, 0.1) is 0 Å². The number of anilines is 1. The van der Waals surface area contributed by atoms with Crippen LogP contribution in [0.3, 0.4) is 0 Å². The van der Waals surface area contributed by atoms with Crippen molar-refractivity contribution < 1.29 is 4.79 Å². The molecule has 1 amide bonds. The van der Waals surface area contributed by atoms with Crippen LogP contribution in [0.4, 0.5) is 5.95 Å². The van der Waals surface area contributed by atoms with Crippen LogP contribution in [0.15, 0.2) is 84.0 Å². The summed E-state index contributed by atoms with van der Waals surface area (Å²) in [7, 11) is 0. The van der Waals surface area contributed by atoms with Gasteiger partial charge in [-0.25, -0.2) is 9.98 Å². The average molecular weight is 368 g/mol. The van der Waals surface area contributed by atoms with Gasteiger partial charge >= 0.3 is 0 Å². The molecular formula is C21H16N6O. The number of H-pyrrole nitrogens is 1. The Hall–Kier alpha value is -4.00. The number of aromatic amines is 1. The van der Waals surface area contributed by atoms with Gasteiger partial charge in [-0.3, -0.25) is 20.4 Å². The van der Waals surface area contributed by atoms with Crippen LogP contribution in [0.2, 0.25) is 0 Å². The minimum atomic E-state index is -1.25. The van der Waals surface area contributed by atoms with Gasteiger partial charge in [0.15, 0.2) is 0 Å². The van der Waals surface area contributed by atoms with Crippen molar-refractivity contribution in [2.24, 2.45) is 4.99 Å². The van der Waals surface area contributed by atoms with Crippen molar-refractivity contribution >= 4 is 28.8 Å². The van der Waals surface area contributed by atoms with E-state index in [1.807, 2.05) is 66.7 Å². The molecule has 0 fully saturated rings. The van der Waals surface area contributed by atoms with E-state index in [9.17, 15) is 4.79 Å². The molecule has 0 spiro atoms. The lowest BCUT2D eigenvalue weighted by molar-refractivity contribution is -0.122. The van der Waals surface area contributed by atoms with Crippen molar-refractivity contribution in [2.75, 3.05) is 5.32 Å². The first-order valence-electron chi connectivity index (χ1n) is 8.86. The summed E-state index contributed by atoms with van der Waals surface area (Å²) in [5.41, 5.74) is 1.77. The molecule has 2 aromatic carbocycles. The average Bonchev–Trinajstić information content (AvgIpc) is 3.30. The van der Waals surface area contributed by atoms with Crippen LogP contribution in [0.25, 0.3) is 11.0 Å². The van der Waals surface area contributed by atoms with Gasteiger partial charge in [-0.2, -0.15) is 0 Å². The largest absolute Gasteiger partial charge is 0.324 e. The summed E-state index contributed by atoms with van der Waals surface area (Å²) in [5, 5.41) is 5.91. The molecule has 1 atom stereocenters. The Bertz CT molecular complexity index is 1110. The molecule has 4 aromatic rings. The van der Waals surface area contributed by atoms with E-state index < -0.39 is 5.54 Å². The second-order valence-electron chi connectivity index (χ2n) is 6.43. The van der Waals surface area contributed by atoms with Gasteiger partial charge in [-0.05, 0) is 29.8 Å². The number of guanidine groups is 1. The number of fused-ring (bicyclic) bond motifs is 1. The summed E-state index contributed by atoms with van der Waals surface area (Å²) in [5.74, 6) is 0.555. The number of nitrogens with zero attached hydrogens (tertiary/aromatic N) is 3. The van der Waals surface area contributed by atoms with Crippen LogP contribution in [0.5, 0.6) is 0 Å². The molecule has 3 N–H and O–H groups in total. The highest BCUT2D eigenvalue weighted by molar-refractivity contribution is 6.13. The first kappa shape index (κ1) is 16.2. The predicted molar refractivity (Wildman–Crippen MR) is 107 cm³/mol. The minimum absolute atomic E-state index is 0.268. The van der Waals surface area contributed by atoms with Crippen molar-refractivity contribution in [1.29, 1.82) is 0 Å². The Morgan fingerprint density at radius 2 is 1.68 bits per heavy atom. The van der Waals surface area contributed by atoms with Gasteiger partial charge in [0.2, 0.25) is 17.4 Å². The zero-order chi connectivity index (χ0) is 19.0. The molecule has 1 aliphatic heterocycles. The van der Waals surface area contributed by atoms with Crippen LogP contribution in [0.1, 0.15) is 11.3 Å². The molecule has 0 saturated heterocycles. The van der Waals surface area contributed by atoms with Gasteiger partial charge in [0.25, 0.3) is 5.91 Å². The summed E-state index contributed by atoms with van der Waals surface area (Å²) in [4.78, 5) is 29.9. The number of hydrogen-bond acceptors (Lipinski definition) is 5. The van der Waals surface area contributed by atoms with Crippen molar-refractivity contribution in [3.8, 4) is 0 Å². The lowest BCUT2D eigenvalue weighted by Gasteiger charge is -2.23. The maximum atomic E-state index is 13.1. The zero-order valence-electron chi connectivity index (χ0n) is 14.8. The fraction of sp³-hybridized carbons (Fsp3) is 0.0476. The number of para-hydroxylation sites is 2. The predicted octanol–water partition coefficient (Wildman–Crippen LogP) is 2.80. The summed E-state index contributed by atoms with van der Waals surface area (Å²) in [6, 6.07) is 22.6. The van der Waals surface area contributed by atoms with Gasteiger partial charge in [0.1, 0.15) is 0 Å². The van der Waals surface area contributed by atoms with E-state index in [4.69, 9.17) is 4.99 Å². The molecule has 0 bridgehead atoms. The molecule has 7 nitrogen and oxygen atoms in total. The molecule has 0 radical (unpaired) electrons. The second kappa shape index (κ2) is 6.31. The normalized spacial score (nSPS) is 18.7. The highest BCUT2D eigenvalue weighted by Gasteiger charge is 2.48. The number of aromatic nitrogens is 3. The molecule has 5 rings (SSSR count). The third-order valence-corrected chi connectivity index (χ3v) is 4.69. The Morgan fingerprint density at radius 1 is 0.893 bits per heavy atom. The number of carbonyl (C=O) groups excluding carboxylic acids is 1. The first-order valence-corrected chi connectivity index (χ1v) is 8.86. The number of carbonyl (C=O) groups is 1. The molecular weight excluding hydrogens is 352 g/mol. The number of nitrogens with one attached hydrogen (secondary N) is 3. The van der Waals surface area contributed by atoms with Crippen molar-refractivity contribution in [1.82, 2.24) is 20.3 Å². The SMILES string of the molecule is O=C1NC(Nc2nc3ccccc3[nH]2)=NC1(c1ccccc1)c1ccccn1. The molecule has 2 aromatic heterocycles. The van der Waals surface area contributed by atoms with Crippen molar-refractivity contribution in [2.45, 2.75) is 5.54 Å². The summed E-state index contributed by atoms with van der Waals surface area (Å²) in [6.07, 6.45) is 1.66. The van der Waals surface area contributed by atoms with Gasteiger partial charge < -0.3 is 4.98 Å². The summed E-state index contributed by atoms with van der Waals surface area (Å²) in [6.45, 7) is 0. The van der Waals surface area contributed by atoms with Crippen LogP contribution < -0.4 is 10.6 Å². The lowest BCUT2D eigenvalue weighted by Crippen LogP contribution is -2.40. The van der Waals surface area contributed by atoms with Crippen LogP contribution in [-0.4, -0.2) is 26.8 Å². The number of benzene rings is 2. The molecule has 136 valence electrons. The van der Waals surface area contributed by atoms with E-state index in [0.29, 0.717) is 17.6 Å². The quantitative estimate of drug-likeness (QED) is 0.518. The van der Waals surface area contributed by atoms with Crippen LogP contribution in [-0.2, 0) is 10.3 Å². The second-order valence-corrected chi connectivity index (χ2v) is 6.43. The zero-order valence-corrected chi connectivity index (χ0v) is 14.8. The fourth-order valence-corrected chi connectivity index (χ4v) is 3.40. The van der Waals surface area contributed by atoms with E-state index in [1.165, 1.54) is 0 Å². The Kier molecular flexibility index (Phi) is 3.65. The number of pyridine rings is 1. The maximum Gasteiger partial charge on any atom is 0.265 e. The van der Waals surface area contributed by atoms with Crippen molar-refractivity contribution in [3.05, 3.63) is 90.3 Å². The number of amides is 1. The van der Waals surface area contributed by atoms with Gasteiger partial charge in [-0.15, -0.1) is 0 Å². The lowest BCUT2D eigenvalue weighted by atomic mass is 9.86. The number of rotatable bonds is 3. The summed E-state index contributed by atoms with van der Waals surface area (Å²) < 4.78 is 0. The highest BCUT2D eigenvalue weighted by Crippen LogP contribution is 2.35. The van der Waals surface area contributed by atoms with Crippen molar-refractivity contribution in [3.63, 3.8) is 0 Å². The van der Waals surface area contributed by atoms with E-state index in [-0.39, 0.29) is 5.91 Å². The monoisotopic (exact) mass is 368 g/mol. The summed E-state index contributed by atoms with van der Waals surface area (Å²) >= 11 is 0. The van der Waals surface area contributed by atoms with Gasteiger partial charge in [0.05, 0.1) is 16.7 Å². The molecule has 1 aliphatic rings. The van der Waals surface area contributed by atoms with Crippen LogP contribution >= 0.6 is 0 Å². The highest BCUT2D eigenvalue weighted by atomic mass is 16.2. The number of aliphatic imine (C=N–C) groups is 1. The van der Waals surface area contributed by atoms with E-state index in [2.05, 4.69) is 25.6 Å². The van der Waals surface area contributed by atoms with E-state index in [0.717, 1.165) is 16.6 Å². The first-order chi connectivity index (χ1) is 13.8. The molecule has 0 saturated carbocycles.